The molecule has 0 unspecified atom stereocenters. The minimum absolute atomic E-state index is 0.860. The van der Waals surface area contributed by atoms with Crippen molar-refractivity contribution < 1.29 is 0 Å². The van der Waals surface area contributed by atoms with Gasteiger partial charge in [-0.25, -0.2) is 15.0 Å². The summed E-state index contributed by atoms with van der Waals surface area (Å²) in [6.45, 7) is 1.81. The third kappa shape index (κ3) is 9.55. The molecule has 58 heavy (non-hydrogen) atoms. The number of hydrogen-bond donors (Lipinski definition) is 0. The molecule has 0 amide bonds. The van der Waals surface area contributed by atoms with Crippen LogP contribution in [-0.4, -0.2) is 77.0 Å². The van der Waals surface area contributed by atoms with Crippen molar-refractivity contribution in [1.29, 1.82) is 0 Å². The lowest BCUT2D eigenvalue weighted by molar-refractivity contribution is 0.384. The maximum atomic E-state index is 4.92. The zero-order valence-corrected chi connectivity index (χ0v) is 33.9. The van der Waals surface area contributed by atoms with Crippen LogP contribution in [0, 0.1) is 0 Å². The molecule has 10 heteroatoms. The number of aromatic nitrogens is 8. The number of nitrogens with zero attached hydrogens (tertiary/aromatic N) is 10. The van der Waals surface area contributed by atoms with E-state index >= 15 is 0 Å². The molecule has 10 nitrogen and oxygen atoms in total. The lowest BCUT2D eigenvalue weighted by Crippen LogP contribution is -2.15. The van der Waals surface area contributed by atoms with Gasteiger partial charge < -0.3 is 18.9 Å². The van der Waals surface area contributed by atoms with Crippen LogP contribution in [0.2, 0.25) is 0 Å². The average Bonchev–Trinajstić information content (AvgIpc) is 3.78. The predicted octanol–water partition coefficient (Wildman–Crippen LogP) is 9.20. The first-order valence-corrected chi connectivity index (χ1v) is 19.2. The van der Waals surface area contributed by atoms with Gasteiger partial charge in [0.05, 0.1) is 56.6 Å². The van der Waals surface area contributed by atoms with E-state index in [-0.39, 0.29) is 0 Å². The van der Waals surface area contributed by atoms with Gasteiger partial charge in [-0.15, -0.1) is 0 Å². The highest BCUT2D eigenvalue weighted by Crippen LogP contribution is 2.29. The molecule has 7 heterocycles. The van der Waals surface area contributed by atoms with Crippen LogP contribution in [0.5, 0.6) is 0 Å². The smallest absolute Gasteiger partial charge is 0.159 e. The largest absolute Gasteiger partial charge is 0.342 e. The lowest BCUT2D eigenvalue weighted by atomic mass is 10.2. The number of aryl methyl sites for hydroxylation is 2. The molecule has 9 rings (SSSR count). The fourth-order valence-electron chi connectivity index (χ4n) is 6.71. The van der Waals surface area contributed by atoms with E-state index in [9.17, 15) is 0 Å². The minimum Gasteiger partial charge on any atom is -0.342 e. The maximum absolute atomic E-state index is 4.92. The molecule has 0 bridgehead atoms. The van der Waals surface area contributed by atoms with Gasteiger partial charge in [0.15, 0.2) is 5.82 Å². The fourth-order valence-corrected chi connectivity index (χ4v) is 6.71. The van der Waals surface area contributed by atoms with E-state index in [1.807, 2.05) is 85.9 Å². The fraction of sp³-hybridized carbons (Fsp3) is 0.167. The number of para-hydroxylation sites is 3. The summed E-state index contributed by atoms with van der Waals surface area (Å²) in [5.41, 5.74) is 12.0. The Morgan fingerprint density at radius 1 is 0.431 bits per heavy atom. The van der Waals surface area contributed by atoms with Crippen LogP contribution in [0.3, 0.4) is 0 Å². The number of pyridine rings is 5. The van der Waals surface area contributed by atoms with Crippen molar-refractivity contribution >= 4 is 21.9 Å². The zero-order valence-electron chi connectivity index (χ0n) is 33.9. The second-order valence-corrected chi connectivity index (χ2v) is 14.5. The number of benzene rings is 2. The second kappa shape index (κ2) is 18.4. The summed E-state index contributed by atoms with van der Waals surface area (Å²) in [4.78, 5) is 31.7. The normalized spacial score (nSPS) is 11.0. The van der Waals surface area contributed by atoms with Crippen LogP contribution in [0.1, 0.15) is 11.4 Å². The van der Waals surface area contributed by atoms with Crippen LogP contribution < -0.4 is 0 Å². The number of fused-ring (bicyclic) bond motifs is 2. The lowest BCUT2D eigenvalue weighted by Gasteiger charge is -2.12. The Kier molecular flexibility index (Phi) is 12.5. The molecule has 290 valence electrons. The SMILES string of the molecule is CN(C)Cc1cccc(CN(C)C)n1.Cn1c(-c2cccc(-c3nc4ccccc4n3C)n2)cc2ccccc21.c1ccc(-c2cccc(-c3ccccn3)n2)nc1. The van der Waals surface area contributed by atoms with E-state index in [1.54, 1.807) is 12.4 Å². The van der Waals surface area contributed by atoms with Crippen molar-refractivity contribution in [3.63, 3.8) is 0 Å². The second-order valence-electron chi connectivity index (χ2n) is 14.5. The van der Waals surface area contributed by atoms with Gasteiger partial charge in [0.2, 0.25) is 0 Å². The molecular formula is C48H48N10. The molecule has 0 spiro atoms. The van der Waals surface area contributed by atoms with Crippen molar-refractivity contribution in [2.45, 2.75) is 13.1 Å². The van der Waals surface area contributed by atoms with Gasteiger partial charge in [-0.2, -0.15) is 0 Å². The van der Waals surface area contributed by atoms with E-state index in [2.05, 4.69) is 141 Å². The van der Waals surface area contributed by atoms with Crippen LogP contribution >= 0.6 is 0 Å². The van der Waals surface area contributed by atoms with E-state index < -0.39 is 0 Å². The van der Waals surface area contributed by atoms with E-state index in [4.69, 9.17) is 9.97 Å². The highest BCUT2D eigenvalue weighted by Gasteiger charge is 2.14. The van der Waals surface area contributed by atoms with E-state index in [0.29, 0.717) is 0 Å². The summed E-state index contributed by atoms with van der Waals surface area (Å²) in [5.74, 6) is 0.881. The quantitative estimate of drug-likeness (QED) is 0.151. The molecule has 0 saturated carbocycles. The first-order valence-electron chi connectivity index (χ1n) is 19.2. The molecule has 0 fully saturated rings. The van der Waals surface area contributed by atoms with Crippen molar-refractivity contribution in [2.24, 2.45) is 14.1 Å². The van der Waals surface area contributed by atoms with Gasteiger partial charge in [0, 0.05) is 50.5 Å². The highest BCUT2D eigenvalue weighted by atomic mass is 15.1. The van der Waals surface area contributed by atoms with E-state index in [1.165, 1.54) is 10.9 Å². The Morgan fingerprint density at radius 3 is 1.50 bits per heavy atom. The Bertz CT molecular complexity index is 2540. The standard InChI is InChI=1S/C22H18N4.C15H11N3.C11H19N3/c1-25-19-12-5-3-8-15(19)14-21(25)17-10-7-11-18(23-17)22-24-16-9-4-6-13-20(16)26(22)2;1-3-10-16-12(6-1)14-8-5-9-15(18-14)13-7-2-4-11-17-13;1-13(2)8-10-6-5-7-11(12-10)9-14(3)4/h3-14H,1-2H3;1-11H;5-7H,8-9H2,1-4H3. The number of imidazole rings is 1. The molecule has 0 aliphatic heterocycles. The van der Waals surface area contributed by atoms with Crippen molar-refractivity contribution in [3.05, 3.63) is 169 Å². The van der Waals surface area contributed by atoms with Gasteiger partial charge in [0.25, 0.3) is 0 Å². The Morgan fingerprint density at radius 2 is 0.931 bits per heavy atom. The monoisotopic (exact) mass is 764 g/mol. The summed E-state index contributed by atoms with van der Waals surface area (Å²) >= 11 is 0. The molecule has 0 N–H and O–H groups in total. The molecule has 0 aliphatic rings. The van der Waals surface area contributed by atoms with Gasteiger partial charge in [-0.3, -0.25) is 15.0 Å². The first kappa shape index (κ1) is 39.4. The third-order valence-corrected chi connectivity index (χ3v) is 9.40. The zero-order chi connectivity index (χ0) is 40.4. The maximum Gasteiger partial charge on any atom is 0.159 e. The summed E-state index contributed by atoms with van der Waals surface area (Å²) in [5, 5.41) is 1.22. The first-order chi connectivity index (χ1) is 28.2. The average molecular weight is 765 g/mol. The Balaban J connectivity index is 0.000000140. The summed E-state index contributed by atoms with van der Waals surface area (Å²) in [7, 11) is 12.3. The molecule has 0 radical (unpaired) electrons. The number of hydrogen-bond acceptors (Lipinski definition) is 8. The summed E-state index contributed by atoms with van der Waals surface area (Å²) < 4.78 is 4.29. The minimum atomic E-state index is 0.860. The Hall–Kier alpha value is -6.88. The summed E-state index contributed by atoms with van der Waals surface area (Å²) in [6.07, 6.45) is 3.54. The van der Waals surface area contributed by atoms with Gasteiger partial charge in [0.1, 0.15) is 5.69 Å². The van der Waals surface area contributed by atoms with Crippen LogP contribution in [0.25, 0.3) is 67.6 Å². The molecule has 2 aromatic carbocycles. The van der Waals surface area contributed by atoms with Gasteiger partial charge in [-0.05, 0) is 113 Å². The Labute approximate surface area is 340 Å². The third-order valence-electron chi connectivity index (χ3n) is 9.40. The van der Waals surface area contributed by atoms with Gasteiger partial charge in [-0.1, -0.05) is 60.7 Å². The van der Waals surface area contributed by atoms with Crippen LogP contribution in [-0.2, 0) is 27.2 Å². The molecule has 9 aromatic rings. The molecule has 0 saturated heterocycles. The van der Waals surface area contributed by atoms with E-state index in [0.717, 1.165) is 81.2 Å². The number of rotatable bonds is 8. The summed E-state index contributed by atoms with van der Waals surface area (Å²) in [6, 6.07) is 48.6. The van der Waals surface area contributed by atoms with Crippen molar-refractivity contribution in [2.75, 3.05) is 28.2 Å². The molecule has 0 atom stereocenters. The highest BCUT2D eigenvalue weighted by molar-refractivity contribution is 5.86. The molecule has 0 aliphatic carbocycles. The van der Waals surface area contributed by atoms with Crippen LogP contribution in [0.15, 0.2) is 158 Å². The van der Waals surface area contributed by atoms with Crippen molar-refractivity contribution in [1.82, 2.24) is 48.8 Å². The molecular weight excluding hydrogens is 717 g/mol. The predicted molar refractivity (Wildman–Crippen MR) is 236 cm³/mol. The molecule has 7 aromatic heterocycles. The topological polar surface area (TPSA) is 93.7 Å². The van der Waals surface area contributed by atoms with Gasteiger partial charge >= 0.3 is 0 Å². The van der Waals surface area contributed by atoms with Crippen molar-refractivity contribution in [3.8, 4) is 45.7 Å². The van der Waals surface area contributed by atoms with Crippen LogP contribution in [0.4, 0.5) is 0 Å².